The van der Waals surface area contributed by atoms with E-state index in [2.05, 4.69) is 10.3 Å². The maximum atomic E-state index is 12.4. The van der Waals surface area contributed by atoms with Gasteiger partial charge in [0.05, 0.1) is 5.52 Å². The number of aromatic hydroxyl groups is 1. The van der Waals surface area contributed by atoms with Crippen molar-refractivity contribution in [1.29, 1.82) is 0 Å². The highest BCUT2D eigenvalue weighted by Crippen LogP contribution is 2.13. The van der Waals surface area contributed by atoms with Crippen molar-refractivity contribution in [3.8, 4) is 5.75 Å². The molecule has 1 unspecified atom stereocenters. The summed E-state index contributed by atoms with van der Waals surface area (Å²) in [5.41, 5.74) is 1.52. The molecule has 0 aliphatic heterocycles. The summed E-state index contributed by atoms with van der Waals surface area (Å²) in [5.74, 6) is -1.58. The van der Waals surface area contributed by atoms with Crippen LogP contribution < -0.4 is 5.32 Å². The second-order valence-electron chi connectivity index (χ2n) is 5.62. The van der Waals surface area contributed by atoms with Crippen molar-refractivity contribution >= 4 is 22.8 Å². The third-order valence-corrected chi connectivity index (χ3v) is 3.81. The van der Waals surface area contributed by atoms with Crippen molar-refractivity contribution in [2.75, 3.05) is 0 Å². The van der Waals surface area contributed by atoms with Crippen LogP contribution in [0.2, 0.25) is 0 Å². The van der Waals surface area contributed by atoms with Gasteiger partial charge < -0.3 is 15.5 Å². The average molecular weight is 336 g/mol. The average Bonchev–Trinajstić information content (AvgIpc) is 2.62. The molecule has 6 nitrogen and oxygen atoms in total. The molecule has 0 bridgehead atoms. The van der Waals surface area contributed by atoms with E-state index in [0.717, 1.165) is 5.39 Å². The Morgan fingerprint density at radius 2 is 1.72 bits per heavy atom. The number of aliphatic carboxylic acids is 1. The largest absolute Gasteiger partial charge is 0.508 e. The summed E-state index contributed by atoms with van der Waals surface area (Å²) < 4.78 is 0. The normalized spacial score (nSPS) is 11.8. The van der Waals surface area contributed by atoms with E-state index in [0.29, 0.717) is 11.1 Å². The molecule has 6 heteroatoms. The lowest BCUT2D eigenvalue weighted by Gasteiger charge is -2.14. The van der Waals surface area contributed by atoms with E-state index in [4.69, 9.17) is 0 Å². The van der Waals surface area contributed by atoms with Crippen LogP contribution in [-0.2, 0) is 11.2 Å². The number of carbonyl (C=O) groups is 2. The second kappa shape index (κ2) is 7.00. The maximum absolute atomic E-state index is 12.4. The van der Waals surface area contributed by atoms with Crippen molar-refractivity contribution in [1.82, 2.24) is 10.3 Å². The third-order valence-electron chi connectivity index (χ3n) is 3.81. The van der Waals surface area contributed by atoms with E-state index in [-0.39, 0.29) is 17.9 Å². The lowest BCUT2D eigenvalue weighted by Crippen LogP contribution is -2.42. The van der Waals surface area contributed by atoms with Crippen LogP contribution in [-0.4, -0.2) is 33.1 Å². The van der Waals surface area contributed by atoms with Crippen LogP contribution in [0.5, 0.6) is 5.75 Å². The molecule has 1 aromatic heterocycles. The number of phenols is 1. The van der Waals surface area contributed by atoms with Gasteiger partial charge in [-0.25, -0.2) is 9.78 Å². The van der Waals surface area contributed by atoms with Gasteiger partial charge >= 0.3 is 5.97 Å². The number of carboxylic acids is 1. The van der Waals surface area contributed by atoms with Crippen LogP contribution in [0, 0.1) is 0 Å². The molecule has 25 heavy (non-hydrogen) atoms. The first kappa shape index (κ1) is 16.4. The molecule has 2 aromatic carbocycles. The number of phenolic OH excluding ortho intramolecular Hbond substituents is 1. The Balaban J connectivity index is 1.77. The quantitative estimate of drug-likeness (QED) is 0.664. The lowest BCUT2D eigenvalue weighted by atomic mass is 10.1. The summed E-state index contributed by atoms with van der Waals surface area (Å²) in [6.45, 7) is 0. The second-order valence-corrected chi connectivity index (χ2v) is 5.62. The van der Waals surface area contributed by atoms with Crippen molar-refractivity contribution in [3.63, 3.8) is 0 Å². The van der Waals surface area contributed by atoms with Gasteiger partial charge in [-0.1, -0.05) is 36.4 Å². The minimum Gasteiger partial charge on any atom is -0.508 e. The fraction of sp³-hybridized carbons (Fsp3) is 0.105. The monoisotopic (exact) mass is 336 g/mol. The number of pyridine rings is 1. The van der Waals surface area contributed by atoms with Gasteiger partial charge in [0.2, 0.25) is 0 Å². The van der Waals surface area contributed by atoms with Gasteiger partial charge in [0, 0.05) is 11.8 Å². The van der Waals surface area contributed by atoms with E-state index >= 15 is 0 Å². The van der Waals surface area contributed by atoms with Crippen LogP contribution in [0.15, 0.2) is 60.7 Å². The highest BCUT2D eigenvalue weighted by Gasteiger charge is 2.22. The Kier molecular flexibility index (Phi) is 4.61. The van der Waals surface area contributed by atoms with Gasteiger partial charge in [0.1, 0.15) is 17.5 Å². The number of hydrogen-bond donors (Lipinski definition) is 3. The minimum absolute atomic E-state index is 0.0972. The van der Waals surface area contributed by atoms with Crippen LogP contribution in [0.25, 0.3) is 10.9 Å². The Morgan fingerprint density at radius 1 is 1.00 bits per heavy atom. The summed E-state index contributed by atoms with van der Waals surface area (Å²) in [6, 6.07) is 15.8. The summed E-state index contributed by atoms with van der Waals surface area (Å²) in [5, 5.41) is 22.1. The SMILES string of the molecule is O=C(NC(Cc1ccc(O)cc1)C(=O)O)c1ccc2ccccc2n1. The van der Waals surface area contributed by atoms with Crippen LogP contribution in [0.4, 0.5) is 0 Å². The van der Waals surface area contributed by atoms with Crippen molar-refractivity contribution in [2.45, 2.75) is 12.5 Å². The molecular formula is C19H16N2O4. The first-order valence-corrected chi connectivity index (χ1v) is 7.70. The van der Waals surface area contributed by atoms with E-state index < -0.39 is 17.9 Å². The van der Waals surface area contributed by atoms with Crippen LogP contribution in [0.1, 0.15) is 16.1 Å². The maximum Gasteiger partial charge on any atom is 0.326 e. The molecule has 3 rings (SSSR count). The number of carboxylic acid groups (broad SMARTS) is 1. The molecule has 0 spiro atoms. The zero-order valence-electron chi connectivity index (χ0n) is 13.2. The molecular weight excluding hydrogens is 320 g/mol. The molecule has 0 saturated heterocycles. The molecule has 0 fully saturated rings. The number of amides is 1. The predicted octanol–water partition coefficient (Wildman–Crippen LogP) is 2.37. The summed E-state index contributed by atoms with van der Waals surface area (Å²) in [7, 11) is 0. The van der Waals surface area contributed by atoms with E-state index in [1.165, 1.54) is 12.1 Å². The number of nitrogens with zero attached hydrogens (tertiary/aromatic N) is 1. The Bertz CT molecular complexity index is 922. The number of nitrogens with one attached hydrogen (secondary N) is 1. The zero-order chi connectivity index (χ0) is 17.8. The molecule has 0 saturated carbocycles. The van der Waals surface area contributed by atoms with Gasteiger partial charge in [0.25, 0.3) is 5.91 Å². The molecule has 3 aromatic rings. The lowest BCUT2D eigenvalue weighted by molar-refractivity contribution is -0.139. The molecule has 0 aliphatic rings. The summed E-state index contributed by atoms with van der Waals surface area (Å²) in [4.78, 5) is 28.1. The topological polar surface area (TPSA) is 99.5 Å². The summed E-state index contributed by atoms with van der Waals surface area (Å²) >= 11 is 0. The fourth-order valence-electron chi connectivity index (χ4n) is 2.49. The Labute approximate surface area is 143 Å². The molecule has 126 valence electrons. The summed E-state index contributed by atoms with van der Waals surface area (Å²) in [6.07, 6.45) is 0.106. The third kappa shape index (κ3) is 3.92. The highest BCUT2D eigenvalue weighted by molar-refractivity contribution is 5.97. The number of hydrogen-bond acceptors (Lipinski definition) is 4. The van der Waals surface area contributed by atoms with E-state index in [1.807, 2.05) is 18.2 Å². The van der Waals surface area contributed by atoms with Crippen LogP contribution in [0.3, 0.4) is 0 Å². The highest BCUT2D eigenvalue weighted by atomic mass is 16.4. The minimum atomic E-state index is -1.14. The molecule has 3 N–H and O–H groups in total. The number of benzene rings is 2. The van der Waals surface area contributed by atoms with Crippen molar-refractivity contribution in [3.05, 3.63) is 71.9 Å². The molecule has 0 aliphatic carbocycles. The smallest absolute Gasteiger partial charge is 0.326 e. The van der Waals surface area contributed by atoms with E-state index in [1.54, 1.807) is 30.3 Å². The van der Waals surface area contributed by atoms with Crippen LogP contribution >= 0.6 is 0 Å². The predicted molar refractivity (Wildman–Crippen MR) is 92.4 cm³/mol. The zero-order valence-corrected chi connectivity index (χ0v) is 13.2. The standard InChI is InChI=1S/C19H16N2O4/c22-14-8-5-12(6-9-14)11-17(19(24)25)21-18(23)16-10-7-13-3-1-2-4-15(13)20-16/h1-10,17,22H,11H2,(H,21,23)(H,24,25). The Morgan fingerprint density at radius 3 is 2.44 bits per heavy atom. The first-order chi connectivity index (χ1) is 12.0. The molecule has 0 radical (unpaired) electrons. The van der Waals surface area contributed by atoms with Gasteiger partial charge in [-0.3, -0.25) is 4.79 Å². The van der Waals surface area contributed by atoms with Gasteiger partial charge in [-0.05, 0) is 29.8 Å². The first-order valence-electron chi connectivity index (χ1n) is 7.70. The number of para-hydroxylation sites is 1. The van der Waals surface area contributed by atoms with Gasteiger partial charge in [-0.2, -0.15) is 0 Å². The van der Waals surface area contributed by atoms with Crippen molar-refractivity contribution < 1.29 is 19.8 Å². The molecule has 1 heterocycles. The van der Waals surface area contributed by atoms with E-state index in [9.17, 15) is 19.8 Å². The van der Waals surface area contributed by atoms with Gasteiger partial charge in [0.15, 0.2) is 0 Å². The fourth-order valence-corrected chi connectivity index (χ4v) is 2.49. The Hall–Kier alpha value is -3.41. The van der Waals surface area contributed by atoms with Gasteiger partial charge in [-0.15, -0.1) is 0 Å². The molecule has 1 atom stereocenters. The number of rotatable bonds is 5. The number of carbonyl (C=O) groups excluding carboxylic acids is 1. The number of fused-ring (bicyclic) bond motifs is 1. The molecule has 1 amide bonds. The van der Waals surface area contributed by atoms with Crippen molar-refractivity contribution in [2.24, 2.45) is 0 Å². The number of aromatic nitrogens is 1.